The van der Waals surface area contributed by atoms with E-state index in [9.17, 15) is 4.79 Å². The normalized spacial score (nSPS) is 16.4. The minimum absolute atomic E-state index is 0.0577. The van der Waals surface area contributed by atoms with Crippen molar-refractivity contribution in [2.45, 2.75) is 33.2 Å². The molecular formula is C12H18N4OS. The molecule has 3 N–H and O–H groups in total. The quantitative estimate of drug-likeness (QED) is 0.788. The number of hydrogen-bond donors (Lipinski definition) is 2. The van der Waals surface area contributed by atoms with Crippen molar-refractivity contribution in [1.82, 2.24) is 15.1 Å². The molecular weight excluding hydrogens is 248 g/mol. The van der Waals surface area contributed by atoms with E-state index >= 15 is 0 Å². The first-order valence-corrected chi connectivity index (χ1v) is 6.36. The number of aromatic nitrogens is 2. The first-order valence-electron chi connectivity index (χ1n) is 5.96. The second-order valence-corrected chi connectivity index (χ2v) is 5.34. The molecule has 1 saturated carbocycles. The average molecular weight is 266 g/mol. The monoisotopic (exact) mass is 266 g/mol. The van der Waals surface area contributed by atoms with Gasteiger partial charge in [0.2, 0.25) is 5.91 Å². The Morgan fingerprint density at radius 3 is 2.56 bits per heavy atom. The molecule has 1 heterocycles. The van der Waals surface area contributed by atoms with Crippen molar-refractivity contribution in [2.75, 3.05) is 0 Å². The molecule has 0 atom stereocenters. The van der Waals surface area contributed by atoms with Crippen LogP contribution in [0.5, 0.6) is 0 Å². The maximum atomic E-state index is 12.1. The molecule has 0 radical (unpaired) electrons. The van der Waals surface area contributed by atoms with Crippen LogP contribution >= 0.6 is 12.2 Å². The Balaban J connectivity index is 2.04. The summed E-state index contributed by atoms with van der Waals surface area (Å²) in [7, 11) is 1.89. The number of rotatable bonds is 4. The predicted octanol–water partition coefficient (Wildman–Crippen LogP) is 0.719. The molecule has 0 saturated heterocycles. The van der Waals surface area contributed by atoms with Crippen LogP contribution < -0.4 is 11.1 Å². The Morgan fingerprint density at radius 2 is 2.17 bits per heavy atom. The summed E-state index contributed by atoms with van der Waals surface area (Å²) in [5, 5.41) is 7.23. The van der Waals surface area contributed by atoms with Crippen molar-refractivity contribution in [3.63, 3.8) is 0 Å². The van der Waals surface area contributed by atoms with Gasteiger partial charge in [-0.05, 0) is 26.7 Å². The van der Waals surface area contributed by atoms with Gasteiger partial charge in [-0.15, -0.1) is 0 Å². The van der Waals surface area contributed by atoms with E-state index in [2.05, 4.69) is 10.4 Å². The average Bonchev–Trinajstić information content (AvgIpc) is 3.05. The molecule has 0 bridgehead atoms. The zero-order valence-electron chi connectivity index (χ0n) is 10.9. The van der Waals surface area contributed by atoms with Gasteiger partial charge in [0.05, 0.1) is 16.1 Å². The summed E-state index contributed by atoms with van der Waals surface area (Å²) in [5.74, 6) is -0.0577. The Kier molecular flexibility index (Phi) is 3.14. The van der Waals surface area contributed by atoms with E-state index in [4.69, 9.17) is 18.0 Å². The second-order valence-electron chi connectivity index (χ2n) is 4.90. The van der Waals surface area contributed by atoms with E-state index in [-0.39, 0.29) is 5.91 Å². The smallest absolute Gasteiger partial charge is 0.233 e. The first kappa shape index (κ1) is 13.0. The molecule has 1 aliphatic rings. The third-order valence-corrected chi connectivity index (χ3v) is 4.13. The lowest BCUT2D eigenvalue weighted by molar-refractivity contribution is -0.124. The van der Waals surface area contributed by atoms with Gasteiger partial charge >= 0.3 is 0 Å². The molecule has 2 rings (SSSR count). The number of nitrogens with one attached hydrogen (secondary N) is 1. The molecule has 1 aliphatic carbocycles. The summed E-state index contributed by atoms with van der Waals surface area (Å²) in [6, 6.07) is 0. The van der Waals surface area contributed by atoms with E-state index in [1.807, 2.05) is 25.6 Å². The van der Waals surface area contributed by atoms with Crippen LogP contribution in [0.1, 0.15) is 29.8 Å². The standard InChI is InChI=1S/C12H18N4OS/c1-7-9(8(2)16(3)15-7)6-14-11(17)12(4-5-12)10(13)18/h4-6H2,1-3H3,(H2,13,18)(H,14,17). The van der Waals surface area contributed by atoms with Crippen LogP contribution in [-0.4, -0.2) is 20.7 Å². The minimum Gasteiger partial charge on any atom is -0.392 e. The highest BCUT2D eigenvalue weighted by Crippen LogP contribution is 2.46. The zero-order chi connectivity index (χ0) is 13.5. The van der Waals surface area contributed by atoms with E-state index < -0.39 is 5.41 Å². The largest absolute Gasteiger partial charge is 0.392 e. The first-order chi connectivity index (χ1) is 8.38. The molecule has 0 aliphatic heterocycles. The van der Waals surface area contributed by atoms with Crippen LogP contribution in [0.15, 0.2) is 0 Å². The number of amides is 1. The van der Waals surface area contributed by atoms with Crippen molar-refractivity contribution in [1.29, 1.82) is 0 Å². The summed E-state index contributed by atoms with van der Waals surface area (Å²) in [6.07, 6.45) is 1.53. The number of nitrogens with zero attached hydrogens (tertiary/aromatic N) is 2. The number of aryl methyl sites for hydroxylation is 2. The fraction of sp³-hybridized carbons (Fsp3) is 0.583. The molecule has 0 spiro atoms. The highest BCUT2D eigenvalue weighted by Gasteiger charge is 2.52. The van der Waals surface area contributed by atoms with Gasteiger partial charge in [-0.25, -0.2) is 0 Å². The molecule has 98 valence electrons. The molecule has 1 aromatic rings. The van der Waals surface area contributed by atoms with Crippen LogP contribution in [0.2, 0.25) is 0 Å². The molecule has 1 fully saturated rings. The summed E-state index contributed by atoms with van der Waals surface area (Å²) < 4.78 is 1.82. The predicted molar refractivity (Wildman–Crippen MR) is 73.0 cm³/mol. The van der Waals surface area contributed by atoms with Crippen LogP contribution in [0.25, 0.3) is 0 Å². The molecule has 1 amide bonds. The maximum absolute atomic E-state index is 12.1. The van der Waals surface area contributed by atoms with Gasteiger partial charge in [0, 0.05) is 24.8 Å². The van der Waals surface area contributed by atoms with Gasteiger partial charge in [0.15, 0.2) is 0 Å². The van der Waals surface area contributed by atoms with Crippen LogP contribution in [0, 0.1) is 19.3 Å². The lowest BCUT2D eigenvalue weighted by Gasteiger charge is -2.13. The minimum atomic E-state index is -0.584. The Bertz CT molecular complexity index is 516. The molecule has 0 aromatic carbocycles. The van der Waals surface area contributed by atoms with Crippen LogP contribution in [-0.2, 0) is 18.4 Å². The number of hydrogen-bond acceptors (Lipinski definition) is 3. The Morgan fingerprint density at radius 1 is 1.56 bits per heavy atom. The molecule has 0 unspecified atom stereocenters. The molecule has 1 aromatic heterocycles. The highest BCUT2D eigenvalue weighted by molar-refractivity contribution is 7.80. The van der Waals surface area contributed by atoms with Crippen molar-refractivity contribution in [2.24, 2.45) is 18.2 Å². The van der Waals surface area contributed by atoms with Gasteiger partial charge in [-0.2, -0.15) is 5.10 Å². The fourth-order valence-corrected chi connectivity index (χ4v) is 2.42. The van der Waals surface area contributed by atoms with Gasteiger partial charge in [0.25, 0.3) is 0 Å². The number of thiocarbonyl (C=S) groups is 1. The molecule has 5 nitrogen and oxygen atoms in total. The number of carbonyl (C=O) groups excluding carboxylic acids is 1. The van der Waals surface area contributed by atoms with Crippen molar-refractivity contribution < 1.29 is 4.79 Å². The van der Waals surface area contributed by atoms with Crippen LogP contribution in [0.4, 0.5) is 0 Å². The zero-order valence-corrected chi connectivity index (χ0v) is 11.7. The summed E-state index contributed by atoms with van der Waals surface area (Å²) in [4.78, 5) is 12.4. The SMILES string of the molecule is Cc1nn(C)c(C)c1CNC(=O)C1(C(N)=S)CC1. The van der Waals surface area contributed by atoms with Crippen LogP contribution in [0.3, 0.4) is 0 Å². The van der Waals surface area contributed by atoms with Crippen molar-refractivity contribution in [3.05, 3.63) is 17.0 Å². The van der Waals surface area contributed by atoms with Gasteiger partial charge < -0.3 is 11.1 Å². The number of nitrogens with two attached hydrogens (primary N) is 1. The fourth-order valence-electron chi connectivity index (χ4n) is 2.12. The summed E-state index contributed by atoms with van der Waals surface area (Å²) in [6.45, 7) is 4.41. The maximum Gasteiger partial charge on any atom is 0.233 e. The Hall–Kier alpha value is -1.43. The second kappa shape index (κ2) is 4.35. The number of carbonyl (C=O) groups is 1. The van der Waals surface area contributed by atoms with Crippen molar-refractivity contribution >= 4 is 23.1 Å². The molecule has 18 heavy (non-hydrogen) atoms. The van der Waals surface area contributed by atoms with Gasteiger partial charge in [-0.1, -0.05) is 12.2 Å². The topological polar surface area (TPSA) is 72.9 Å². The van der Waals surface area contributed by atoms with Crippen molar-refractivity contribution in [3.8, 4) is 0 Å². The van der Waals surface area contributed by atoms with Gasteiger partial charge in [0.1, 0.15) is 0 Å². The van der Waals surface area contributed by atoms with E-state index in [1.54, 1.807) is 0 Å². The van der Waals surface area contributed by atoms with E-state index in [1.165, 1.54) is 0 Å². The van der Waals surface area contributed by atoms with Gasteiger partial charge in [-0.3, -0.25) is 9.48 Å². The molecule has 6 heteroatoms. The lowest BCUT2D eigenvalue weighted by atomic mass is 10.1. The lowest BCUT2D eigenvalue weighted by Crippen LogP contribution is -2.39. The summed E-state index contributed by atoms with van der Waals surface area (Å²) >= 11 is 4.96. The Labute approximate surface area is 112 Å². The highest BCUT2D eigenvalue weighted by atomic mass is 32.1. The van der Waals surface area contributed by atoms with E-state index in [0.29, 0.717) is 11.5 Å². The third kappa shape index (κ3) is 2.01. The third-order valence-electron chi connectivity index (χ3n) is 3.74. The van der Waals surface area contributed by atoms with E-state index in [0.717, 1.165) is 29.8 Å². The summed E-state index contributed by atoms with van der Waals surface area (Å²) in [5.41, 5.74) is 8.10.